The molecule has 0 saturated carbocycles. The van der Waals surface area contributed by atoms with E-state index in [1.807, 2.05) is 6.92 Å². The second-order valence-electron chi connectivity index (χ2n) is 6.58. The lowest BCUT2D eigenvalue weighted by Crippen LogP contribution is -2.42. The Morgan fingerprint density at radius 2 is 1.96 bits per heavy atom. The number of amides is 1. The molecule has 0 aliphatic carbocycles. The largest absolute Gasteiger partial charge is 0.450 e. The van der Waals surface area contributed by atoms with E-state index in [1.165, 1.54) is 6.07 Å². The van der Waals surface area contributed by atoms with Gasteiger partial charge in [0.05, 0.1) is 6.61 Å². The Morgan fingerprint density at radius 3 is 2.64 bits per heavy atom. The molecule has 0 bridgehead atoms. The lowest BCUT2D eigenvalue weighted by atomic mass is 10.1. The summed E-state index contributed by atoms with van der Waals surface area (Å²) < 4.78 is 31.5. The average Bonchev–Trinajstić information content (AvgIpc) is 2.65. The zero-order valence-corrected chi connectivity index (χ0v) is 15.8. The van der Waals surface area contributed by atoms with Crippen LogP contribution in [0.4, 0.5) is 31.0 Å². The first-order valence-corrected chi connectivity index (χ1v) is 9.20. The van der Waals surface area contributed by atoms with Crippen LogP contribution in [0.3, 0.4) is 0 Å². The van der Waals surface area contributed by atoms with Gasteiger partial charge < -0.3 is 20.3 Å². The van der Waals surface area contributed by atoms with Crippen molar-refractivity contribution in [3.8, 4) is 0 Å². The van der Waals surface area contributed by atoms with Gasteiger partial charge in [-0.25, -0.2) is 18.6 Å². The fourth-order valence-electron chi connectivity index (χ4n) is 3.02. The topological polar surface area (TPSA) is 79.4 Å². The number of carbonyl (C=O) groups is 1. The van der Waals surface area contributed by atoms with E-state index >= 15 is 0 Å². The molecule has 2 N–H and O–H groups in total. The number of anilines is 3. The van der Waals surface area contributed by atoms with Crippen LogP contribution in [0, 0.1) is 18.6 Å². The quantitative estimate of drug-likeness (QED) is 0.806. The maximum absolute atomic E-state index is 13.4. The third-order valence-electron chi connectivity index (χ3n) is 4.40. The Balaban J connectivity index is 1.62. The number of carbonyl (C=O) groups excluding carboxylic acids is 1. The first kappa shape index (κ1) is 19.8. The van der Waals surface area contributed by atoms with Crippen LogP contribution < -0.4 is 10.6 Å². The molecule has 7 nitrogen and oxygen atoms in total. The maximum atomic E-state index is 13.4. The van der Waals surface area contributed by atoms with Gasteiger partial charge in [-0.2, -0.15) is 4.98 Å². The number of hydrogen-bond acceptors (Lipinski definition) is 6. The third-order valence-corrected chi connectivity index (χ3v) is 4.40. The monoisotopic (exact) mass is 391 g/mol. The Hall–Kier alpha value is -2.97. The van der Waals surface area contributed by atoms with Gasteiger partial charge in [-0.15, -0.1) is 0 Å². The molecule has 9 heteroatoms. The van der Waals surface area contributed by atoms with Crippen LogP contribution in [0.25, 0.3) is 0 Å². The fourth-order valence-corrected chi connectivity index (χ4v) is 3.02. The SMILES string of the molecule is CCOC(=O)N1CCC(Nc2nc(C)cc(Nc3ccc(F)c(F)c3)n2)CC1. The van der Waals surface area contributed by atoms with Crippen LogP contribution in [-0.4, -0.2) is 46.7 Å². The summed E-state index contributed by atoms with van der Waals surface area (Å²) in [5.74, 6) is -0.909. The van der Waals surface area contributed by atoms with Gasteiger partial charge in [0.1, 0.15) is 5.82 Å². The predicted octanol–water partition coefficient (Wildman–Crippen LogP) is 3.84. The number of rotatable bonds is 5. The number of nitrogens with zero attached hydrogens (tertiary/aromatic N) is 3. The molecular formula is C19H23F2N5O2. The number of hydrogen-bond donors (Lipinski definition) is 2. The van der Waals surface area contributed by atoms with Gasteiger partial charge in [0, 0.05) is 42.6 Å². The van der Waals surface area contributed by atoms with E-state index in [9.17, 15) is 13.6 Å². The molecule has 2 heterocycles. The van der Waals surface area contributed by atoms with Gasteiger partial charge in [0.25, 0.3) is 0 Å². The Morgan fingerprint density at radius 1 is 1.21 bits per heavy atom. The zero-order chi connectivity index (χ0) is 20.1. The summed E-state index contributed by atoms with van der Waals surface area (Å²) in [5, 5.41) is 6.24. The molecule has 0 unspecified atom stereocenters. The number of piperidine rings is 1. The predicted molar refractivity (Wildman–Crippen MR) is 102 cm³/mol. The number of likely N-dealkylation sites (tertiary alicyclic amines) is 1. The van der Waals surface area contributed by atoms with Crippen LogP contribution in [0.2, 0.25) is 0 Å². The zero-order valence-electron chi connectivity index (χ0n) is 15.8. The first-order chi connectivity index (χ1) is 13.4. The van der Waals surface area contributed by atoms with E-state index in [4.69, 9.17) is 4.74 Å². The van der Waals surface area contributed by atoms with Crippen molar-refractivity contribution >= 4 is 23.5 Å². The van der Waals surface area contributed by atoms with Crippen LogP contribution in [0.5, 0.6) is 0 Å². The average molecular weight is 391 g/mol. The van der Waals surface area contributed by atoms with E-state index in [2.05, 4.69) is 20.6 Å². The molecule has 3 rings (SSSR count). The molecule has 150 valence electrons. The molecule has 1 saturated heterocycles. The highest BCUT2D eigenvalue weighted by Gasteiger charge is 2.24. The molecule has 1 aromatic heterocycles. The lowest BCUT2D eigenvalue weighted by Gasteiger charge is -2.31. The van der Waals surface area contributed by atoms with Crippen LogP contribution in [0.15, 0.2) is 24.3 Å². The molecule has 2 aromatic rings. The number of aromatic nitrogens is 2. The number of ether oxygens (including phenoxy) is 1. The van der Waals surface area contributed by atoms with Crippen molar-refractivity contribution in [2.75, 3.05) is 30.3 Å². The molecule has 28 heavy (non-hydrogen) atoms. The third kappa shape index (κ3) is 5.05. The Labute approximate surface area is 162 Å². The minimum Gasteiger partial charge on any atom is -0.450 e. The van der Waals surface area contributed by atoms with Crippen molar-refractivity contribution in [1.82, 2.24) is 14.9 Å². The summed E-state index contributed by atoms with van der Waals surface area (Å²) >= 11 is 0. The smallest absolute Gasteiger partial charge is 0.409 e. The van der Waals surface area contributed by atoms with Crippen LogP contribution in [-0.2, 0) is 4.74 Å². The number of nitrogens with one attached hydrogen (secondary N) is 2. The summed E-state index contributed by atoms with van der Waals surface area (Å²) in [6.07, 6.45) is 1.22. The van der Waals surface area contributed by atoms with Crippen LogP contribution in [0.1, 0.15) is 25.5 Å². The van der Waals surface area contributed by atoms with E-state index in [0.29, 0.717) is 37.1 Å². The maximum Gasteiger partial charge on any atom is 0.409 e. The fraction of sp³-hybridized carbons (Fsp3) is 0.421. The summed E-state index contributed by atoms with van der Waals surface area (Å²) in [6, 6.07) is 5.42. The van der Waals surface area contributed by atoms with Crippen molar-refractivity contribution in [3.63, 3.8) is 0 Å². The second-order valence-corrected chi connectivity index (χ2v) is 6.58. The highest BCUT2D eigenvalue weighted by Crippen LogP contribution is 2.21. The molecule has 1 aliphatic heterocycles. The van der Waals surface area contributed by atoms with Crippen molar-refractivity contribution in [2.45, 2.75) is 32.7 Å². The molecule has 1 fully saturated rings. The molecular weight excluding hydrogens is 368 g/mol. The van der Waals surface area contributed by atoms with Gasteiger partial charge in [-0.1, -0.05) is 0 Å². The molecule has 1 amide bonds. The minimum atomic E-state index is -0.928. The number of benzene rings is 1. The van der Waals surface area contributed by atoms with Crippen LogP contribution >= 0.6 is 0 Å². The standard InChI is InChI=1S/C19H23F2N5O2/c1-3-28-19(27)26-8-6-13(7-9-26)24-18-22-12(2)10-17(25-18)23-14-4-5-15(20)16(21)11-14/h4-5,10-11,13H,3,6-9H2,1-2H3,(H2,22,23,24,25). The van der Waals surface area contributed by atoms with E-state index in [0.717, 1.165) is 30.7 Å². The van der Waals surface area contributed by atoms with Gasteiger partial charge in [0.2, 0.25) is 5.95 Å². The van der Waals surface area contributed by atoms with Gasteiger partial charge in [0.15, 0.2) is 11.6 Å². The molecule has 1 aliphatic rings. The first-order valence-electron chi connectivity index (χ1n) is 9.20. The van der Waals surface area contributed by atoms with Crippen molar-refractivity contribution in [2.24, 2.45) is 0 Å². The summed E-state index contributed by atoms with van der Waals surface area (Å²) in [6.45, 7) is 5.17. The van der Waals surface area contributed by atoms with Crippen molar-refractivity contribution in [1.29, 1.82) is 0 Å². The van der Waals surface area contributed by atoms with Gasteiger partial charge in [-0.05, 0) is 38.8 Å². The lowest BCUT2D eigenvalue weighted by molar-refractivity contribution is 0.0983. The molecule has 0 spiro atoms. The molecule has 1 aromatic carbocycles. The van der Waals surface area contributed by atoms with Gasteiger partial charge in [-0.3, -0.25) is 0 Å². The summed E-state index contributed by atoms with van der Waals surface area (Å²) in [7, 11) is 0. The van der Waals surface area contributed by atoms with Crippen molar-refractivity contribution < 1.29 is 18.3 Å². The summed E-state index contributed by atoms with van der Waals surface area (Å²) in [4.78, 5) is 22.2. The van der Waals surface area contributed by atoms with E-state index in [-0.39, 0.29) is 12.1 Å². The second kappa shape index (κ2) is 8.81. The molecule has 0 radical (unpaired) electrons. The van der Waals surface area contributed by atoms with E-state index in [1.54, 1.807) is 17.9 Å². The normalized spacial score (nSPS) is 14.6. The Bertz CT molecular complexity index is 841. The van der Waals surface area contributed by atoms with E-state index < -0.39 is 11.6 Å². The highest BCUT2D eigenvalue weighted by molar-refractivity contribution is 5.67. The highest BCUT2D eigenvalue weighted by atomic mass is 19.2. The van der Waals surface area contributed by atoms with Gasteiger partial charge >= 0.3 is 6.09 Å². The number of aryl methyl sites for hydroxylation is 1. The number of halogens is 2. The minimum absolute atomic E-state index is 0.128. The Kier molecular flexibility index (Phi) is 6.23. The summed E-state index contributed by atoms with van der Waals surface area (Å²) in [5.41, 5.74) is 1.12. The van der Waals surface area contributed by atoms with Crippen molar-refractivity contribution in [3.05, 3.63) is 41.6 Å². The molecule has 0 atom stereocenters.